The van der Waals surface area contributed by atoms with E-state index in [4.69, 9.17) is 0 Å². The van der Waals surface area contributed by atoms with Crippen molar-refractivity contribution in [2.75, 3.05) is 7.11 Å². The minimum Gasteiger partial charge on any atom is -0.466 e. The van der Waals surface area contributed by atoms with E-state index < -0.39 is 5.97 Å². The molecule has 0 aliphatic carbocycles. The highest BCUT2D eigenvalue weighted by molar-refractivity contribution is 5.86. The van der Waals surface area contributed by atoms with Crippen molar-refractivity contribution in [3.05, 3.63) is 40.8 Å². The SMILES string of the molecule is COC(=O)/C=C/c1ccc(ON=O)cc1. The third kappa shape index (κ3) is 3.60. The van der Waals surface area contributed by atoms with Crippen LogP contribution in [-0.4, -0.2) is 13.1 Å². The Morgan fingerprint density at radius 3 is 2.53 bits per heavy atom. The van der Waals surface area contributed by atoms with Gasteiger partial charge in [-0.2, -0.15) is 0 Å². The molecule has 1 aromatic carbocycles. The fourth-order valence-corrected chi connectivity index (χ4v) is 0.915. The molecule has 0 aliphatic heterocycles. The topological polar surface area (TPSA) is 65.0 Å². The van der Waals surface area contributed by atoms with Crippen molar-refractivity contribution in [1.82, 2.24) is 0 Å². The summed E-state index contributed by atoms with van der Waals surface area (Å²) < 4.78 is 4.43. The number of hydrogen-bond acceptors (Lipinski definition) is 5. The maximum atomic E-state index is 10.8. The molecule has 0 aliphatic rings. The molecule has 0 spiro atoms. The third-order valence-corrected chi connectivity index (χ3v) is 1.64. The van der Waals surface area contributed by atoms with Gasteiger partial charge in [0.05, 0.1) is 7.11 Å². The summed E-state index contributed by atoms with van der Waals surface area (Å²) in [4.78, 5) is 24.9. The van der Waals surface area contributed by atoms with Gasteiger partial charge in [0.25, 0.3) is 0 Å². The van der Waals surface area contributed by atoms with Crippen molar-refractivity contribution in [3.63, 3.8) is 0 Å². The summed E-state index contributed by atoms with van der Waals surface area (Å²) in [6.07, 6.45) is 2.89. The lowest BCUT2D eigenvalue weighted by molar-refractivity contribution is -0.134. The number of hydrogen-bond donors (Lipinski definition) is 0. The predicted octanol–water partition coefficient (Wildman–Crippen LogP) is 1.93. The maximum Gasteiger partial charge on any atom is 0.330 e. The van der Waals surface area contributed by atoms with Crippen LogP contribution in [0.15, 0.2) is 35.7 Å². The molecule has 0 amide bonds. The number of carbonyl (C=O) groups excluding carboxylic acids is 1. The van der Waals surface area contributed by atoms with Crippen molar-refractivity contribution in [2.24, 2.45) is 5.34 Å². The van der Waals surface area contributed by atoms with Gasteiger partial charge in [-0.3, -0.25) is 0 Å². The van der Waals surface area contributed by atoms with Gasteiger partial charge in [-0.15, -0.1) is 4.91 Å². The minimum atomic E-state index is -0.426. The van der Waals surface area contributed by atoms with Gasteiger partial charge >= 0.3 is 5.97 Å². The van der Waals surface area contributed by atoms with E-state index in [9.17, 15) is 9.70 Å². The summed E-state index contributed by atoms with van der Waals surface area (Å²) in [6.45, 7) is 0. The largest absolute Gasteiger partial charge is 0.466 e. The normalized spacial score (nSPS) is 9.93. The maximum absolute atomic E-state index is 10.8. The van der Waals surface area contributed by atoms with Crippen LogP contribution in [0, 0.1) is 4.91 Å². The van der Waals surface area contributed by atoms with Crippen LogP contribution in [-0.2, 0) is 9.53 Å². The van der Waals surface area contributed by atoms with E-state index in [2.05, 4.69) is 14.9 Å². The van der Waals surface area contributed by atoms with Crippen LogP contribution in [0.4, 0.5) is 0 Å². The molecule has 5 heteroatoms. The molecular weight excluding hydrogens is 198 g/mol. The zero-order chi connectivity index (χ0) is 11.1. The van der Waals surface area contributed by atoms with Crippen molar-refractivity contribution in [3.8, 4) is 5.75 Å². The van der Waals surface area contributed by atoms with Crippen molar-refractivity contribution >= 4 is 12.0 Å². The van der Waals surface area contributed by atoms with Gasteiger partial charge in [0.2, 0.25) is 0 Å². The molecule has 0 saturated heterocycles. The molecular formula is C10H9NO4. The van der Waals surface area contributed by atoms with Crippen LogP contribution in [0.1, 0.15) is 5.56 Å². The molecule has 0 saturated carbocycles. The smallest absolute Gasteiger partial charge is 0.330 e. The molecule has 0 atom stereocenters. The van der Waals surface area contributed by atoms with Gasteiger partial charge in [-0.25, -0.2) is 4.79 Å². The molecule has 15 heavy (non-hydrogen) atoms. The van der Waals surface area contributed by atoms with Crippen molar-refractivity contribution < 1.29 is 14.4 Å². The predicted molar refractivity (Wildman–Crippen MR) is 53.9 cm³/mol. The first-order chi connectivity index (χ1) is 7.26. The standard InChI is InChI=1S/C10H9NO4/c1-14-10(12)7-4-8-2-5-9(6-3-8)15-11-13/h2-7H,1H3/b7-4+. The van der Waals surface area contributed by atoms with Crippen LogP contribution in [0.5, 0.6) is 5.75 Å². The fraction of sp³-hybridized carbons (Fsp3) is 0.100. The van der Waals surface area contributed by atoms with E-state index in [1.54, 1.807) is 30.3 Å². The molecule has 0 fully saturated rings. The number of methoxy groups -OCH3 is 1. The number of esters is 1. The lowest BCUT2D eigenvalue weighted by Crippen LogP contribution is -1.93. The van der Waals surface area contributed by atoms with Crippen LogP contribution in [0.25, 0.3) is 6.08 Å². The molecule has 0 radical (unpaired) electrons. The van der Waals surface area contributed by atoms with Crippen LogP contribution in [0.3, 0.4) is 0 Å². The van der Waals surface area contributed by atoms with E-state index in [-0.39, 0.29) is 0 Å². The van der Waals surface area contributed by atoms with Crippen molar-refractivity contribution in [1.29, 1.82) is 0 Å². The molecule has 0 N–H and O–H groups in total. The molecule has 0 aromatic heterocycles. The van der Waals surface area contributed by atoms with E-state index in [0.717, 1.165) is 5.56 Å². The Balaban J connectivity index is 2.67. The van der Waals surface area contributed by atoms with E-state index >= 15 is 0 Å². The summed E-state index contributed by atoms with van der Waals surface area (Å²) in [5.41, 5.74) is 0.790. The zero-order valence-electron chi connectivity index (χ0n) is 8.04. The molecule has 1 rings (SSSR count). The fourth-order valence-electron chi connectivity index (χ4n) is 0.915. The molecule has 78 valence electrons. The highest BCUT2D eigenvalue weighted by atomic mass is 16.7. The molecule has 5 nitrogen and oxygen atoms in total. The van der Waals surface area contributed by atoms with Gasteiger partial charge in [-0.05, 0) is 23.8 Å². The number of nitrogens with zero attached hydrogens (tertiary/aromatic N) is 1. The third-order valence-electron chi connectivity index (χ3n) is 1.64. The molecule has 1 aromatic rings. The number of ether oxygens (including phenoxy) is 1. The van der Waals surface area contributed by atoms with Gasteiger partial charge in [0.15, 0.2) is 11.1 Å². The average molecular weight is 207 g/mol. The number of carbonyl (C=O) groups is 1. The zero-order valence-corrected chi connectivity index (χ0v) is 8.04. The summed E-state index contributed by atoms with van der Waals surface area (Å²) in [6, 6.07) is 6.50. The average Bonchev–Trinajstić information content (AvgIpc) is 2.28. The highest BCUT2D eigenvalue weighted by Gasteiger charge is 1.94. The Morgan fingerprint density at radius 1 is 1.33 bits per heavy atom. The van der Waals surface area contributed by atoms with Gasteiger partial charge in [0.1, 0.15) is 0 Å². The highest BCUT2D eigenvalue weighted by Crippen LogP contribution is 2.13. The molecule has 0 bridgehead atoms. The second-order valence-corrected chi connectivity index (χ2v) is 2.59. The van der Waals surface area contributed by atoms with E-state index in [1.807, 2.05) is 0 Å². The van der Waals surface area contributed by atoms with Gasteiger partial charge in [-0.1, -0.05) is 12.1 Å². The Kier molecular flexibility index (Phi) is 4.03. The van der Waals surface area contributed by atoms with E-state index in [0.29, 0.717) is 5.75 Å². The number of benzene rings is 1. The minimum absolute atomic E-state index is 0.347. The second-order valence-electron chi connectivity index (χ2n) is 2.59. The summed E-state index contributed by atoms with van der Waals surface area (Å²) in [5.74, 6) is -0.0786. The first-order valence-corrected chi connectivity index (χ1v) is 4.12. The summed E-state index contributed by atoms with van der Waals surface area (Å²) in [5, 5.41) is 2.28. The van der Waals surface area contributed by atoms with Crippen LogP contribution in [0.2, 0.25) is 0 Å². The van der Waals surface area contributed by atoms with Crippen LogP contribution >= 0.6 is 0 Å². The monoisotopic (exact) mass is 207 g/mol. The summed E-state index contributed by atoms with van der Waals surface area (Å²) >= 11 is 0. The second kappa shape index (κ2) is 5.54. The first kappa shape index (κ1) is 10.9. The molecule has 0 unspecified atom stereocenters. The summed E-state index contributed by atoms with van der Waals surface area (Å²) in [7, 11) is 1.30. The Hall–Kier alpha value is -2.17. The van der Waals surface area contributed by atoms with E-state index in [1.165, 1.54) is 13.2 Å². The Morgan fingerprint density at radius 2 is 2.00 bits per heavy atom. The van der Waals surface area contributed by atoms with Crippen molar-refractivity contribution in [2.45, 2.75) is 0 Å². The van der Waals surface area contributed by atoms with Gasteiger partial charge < -0.3 is 9.57 Å². The lowest BCUT2D eigenvalue weighted by atomic mass is 10.2. The van der Waals surface area contributed by atoms with Crippen LogP contribution < -0.4 is 4.84 Å². The first-order valence-electron chi connectivity index (χ1n) is 4.12. The Labute approximate surface area is 86.2 Å². The lowest BCUT2D eigenvalue weighted by Gasteiger charge is -1.95. The van der Waals surface area contributed by atoms with Gasteiger partial charge in [0, 0.05) is 6.08 Å². The number of rotatable bonds is 4. The molecule has 0 heterocycles. The quantitative estimate of drug-likeness (QED) is 0.327. The Bertz CT molecular complexity index is 370.